The summed E-state index contributed by atoms with van der Waals surface area (Å²) in [6, 6.07) is 6.00. The Kier molecular flexibility index (Phi) is 4.69. The molecule has 0 saturated heterocycles. The average Bonchev–Trinajstić information content (AvgIpc) is 2.76. The van der Waals surface area contributed by atoms with Gasteiger partial charge in [-0.25, -0.2) is 0 Å². The molecule has 1 amide bonds. The van der Waals surface area contributed by atoms with Gasteiger partial charge in [0.25, 0.3) is 5.91 Å². The highest BCUT2D eigenvalue weighted by Crippen LogP contribution is 2.37. The predicted molar refractivity (Wildman–Crippen MR) is 86.0 cm³/mol. The van der Waals surface area contributed by atoms with E-state index in [0.29, 0.717) is 12.1 Å². The monoisotopic (exact) mass is 284 g/mol. The molecule has 1 atom stereocenters. The Balaban J connectivity index is 2.24. The number of carbonyl (C=O) groups is 1. The summed E-state index contributed by atoms with van der Waals surface area (Å²) in [7, 11) is 0. The van der Waals surface area contributed by atoms with Crippen LogP contribution in [0.3, 0.4) is 0 Å². The maximum absolute atomic E-state index is 12.6. The summed E-state index contributed by atoms with van der Waals surface area (Å²) >= 11 is 0. The van der Waals surface area contributed by atoms with Crippen LogP contribution < -0.4 is 11.1 Å². The number of nitrogens with one attached hydrogen (secondary N) is 1. The van der Waals surface area contributed by atoms with E-state index in [9.17, 15) is 4.79 Å². The molecule has 0 aromatic heterocycles. The molecular formula is C18H24N2O. The van der Waals surface area contributed by atoms with Gasteiger partial charge in [-0.15, -0.1) is 0 Å². The second-order valence-corrected chi connectivity index (χ2v) is 6.46. The van der Waals surface area contributed by atoms with Gasteiger partial charge in [0.1, 0.15) is 0 Å². The zero-order valence-electron chi connectivity index (χ0n) is 13.1. The highest BCUT2D eigenvalue weighted by atomic mass is 16.1. The molecule has 3 heteroatoms. The molecular weight excluding hydrogens is 260 g/mol. The Morgan fingerprint density at radius 3 is 2.86 bits per heavy atom. The maximum atomic E-state index is 12.6. The van der Waals surface area contributed by atoms with Gasteiger partial charge in [-0.3, -0.25) is 4.79 Å². The van der Waals surface area contributed by atoms with E-state index in [1.165, 1.54) is 6.42 Å². The molecule has 1 aromatic rings. The van der Waals surface area contributed by atoms with Gasteiger partial charge in [-0.1, -0.05) is 43.7 Å². The summed E-state index contributed by atoms with van der Waals surface area (Å²) < 4.78 is 0. The van der Waals surface area contributed by atoms with Crippen LogP contribution in [0.2, 0.25) is 0 Å². The smallest absolute Gasteiger partial charge is 0.252 e. The molecule has 2 rings (SSSR count). The van der Waals surface area contributed by atoms with Crippen molar-refractivity contribution in [3.8, 4) is 11.8 Å². The van der Waals surface area contributed by atoms with Crippen molar-refractivity contribution in [3.63, 3.8) is 0 Å². The first kappa shape index (κ1) is 15.6. The summed E-state index contributed by atoms with van der Waals surface area (Å²) in [6.07, 6.45) is 3.38. The lowest BCUT2D eigenvalue weighted by Crippen LogP contribution is -2.41. The summed E-state index contributed by atoms with van der Waals surface area (Å²) in [5.74, 6) is 5.79. The molecule has 1 saturated carbocycles. The van der Waals surface area contributed by atoms with Crippen molar-refractivity contribution >= 4 is 5.91 Å². The van der Waals surface area contributed by atoms with Crippen molar-refractivity contribution in [1.29, 1.82) is 0 Å². The number of carbonyl (C=O) groups excluding carboxylic acids is 1. The molecule has 1 fully saturated rings. The molecule has 3 N–H and O–H groups in total. The molecule has 0 bridgehead atoms. The van der Waals surface area contributed by atoms with Crippen LogP contribution >= 0.6 is 0 Å². The zero-order chi connectivity index (χ0) is 15.5. The van der Waals surface area contributed by atoms with Gasteiger partial charge in [0, 0.05) is 11.6 Å². The van der Waals surface area contributed by atoms with E-state index in [2.05, 4.69) is 31.0 Å². The minimum Gasteiger partial charge on any atom is -0.349 e. The van der Waals surface area contributed by atoms with Gasteiger partial charge in [0.2, 0.25) is 0 Å². The fraction of sp³-hybridized carbons (Fsp3) is 0.500. The van der Waals surface area contributed by atoms with Crippen LogP contribution in [-0.2, 0) is 0 Å². The Morgan fingerprint density at radius 1 is 1.48 bits per heavy atom. The second-order valence-electron chi connectivity index (χ2n) is 6.46. The maximum Gasteiger partial charge on any atom is 0.252 e. The summed E-state index contributed by atoms with van der Waals surface area (Å²) in [5, 5.41) is 3.19. The van der Waals surface area contributed by atoms with Crippen molar-refractivity contribution in [1.82, 2.24) is 5.32 Å². The van der Waals surface area contributed by atoms with Crippen molar-refractivity contribution in [2.75, 3.05) is 6.54 Å². The highest BCUT2D eigenvalue weighted by molar-refractivity contribution is 5.97. The van der Waals surface area contributed by atoms with Gasteiger partial charge < -0.3 is 11.1 Å². The van der Waals surface area contributed by atoms with Crippen molar-refractivity contribution < 1.29 is 4.79 Å². The third-order valence-corrected chi connectivity index (χ3v) is 4.31. The average molecular weight is 284 g/mol. The minimum absolute atomic E-state index is 0.0278. The van der Waals surface area contributed by atoms with Gasteiger partial charge >= 0.3 is 0 Å². The van der Waals surface area contributed by atoms with E-state index >= 15 is 0 Å². The van der Waals surface area contributed by atoms with Gasteiger partial charge in [0.05, 0.1) is 12.1 Å². The van der Waals surface area contributed by atoms with Crippen LogP contribution in [0.5, 0.6) is 0 Å². The number of rotatable bonds is 2. The first-order valence-corrected chi connectivity index (χ1v) is 7.54. The lowest BCUT2D eigenvalue weighted by molar-refractivity contribution is 0.0909. The molecule has 0 radical (unpaired) electrons. The SMILES string of the molecule is Cc1ccc(C#CCN)c(C(=O)NC2CCCC2(C)C)c1. The van der Waals surface area contributed by atoms with Crippen LogP contribution in [0.1, 0.15) is 54.6 Å². The number of hydrogen-bond acceptors (Lipinski definition) is 2. The van der Waals surface area contributed by atoms with E-state index in [1.54, 1.807) is 0 Å². The molecule has 1 unspecified atom stereocenters. The molecule has 3 nitrogen and oxygen atoms in total. The normalized spacial score (nSPS) is 19.7. The first-order chi connectivity index (χ1) is 9.94. The molecule has 0 spiro atoms. The van der Waals surface area contributed by atoms with Gasteiger partial charge in [0.15, 0.2) is 0 Å². The summed E-state index contributed by atoms with van der Waals surface area (Å²) in [6.45, 7) is 6.72. The predicted octanol–water partition coefficient (Wildman–Crippen LogP) is 2.61. The van der Waals surface area contributed by atoms with Crippen LogP contribution in [0.4, 0.5) is 0 Å². The number of amides is 1. The molecule has 0 aliphatic heterocycles. The van der Waals surface area contributed by atoms with Crippen LogP contribution in [0.15, 0.2) is 18.2 Å². The molecule has 21 heavy (non-hydrogen) atoms. The highest BCUT2D eigenvalue weighted by Gasteiger charge is 2.35. The van der Waals surface area contributed by atoms with E-state index < -0.39 is 0 Å². The van der Waals surface area contributed by atoms with Crippen molar-refractivity contribution in [2.45, 2.75) is 46.1 Å². The van der Waals surface area contributed by atoms with Crippen LogP contribution in [0.25, 0.3) is 0 Å². The third kappa shape index (κ3) is 3.65. The minimum atomic E-state index is -0.0278. The third-order valence-electron chi connectivity index (χ3n) is 4.31. The second kappa shape index (κ2) is 6.32. The molecule has 1 aliphatic carbocycles. The fourth-order valence-electron chi connectivity index (χ4n) is 2.93. The zero-order valence-corrected chi connectivity index (χ0v) is 13.1. The van der Waals surface area contributed by atoms with E-state index in [4.69, 9.17) is 5.73 Å². The largest absolute Gasteiger partial charge is 0.349 e. The Labute approximate surface area is 127 Å². The summed E-state index contributed by atoms with van der Waals surface area (Å²) in [5.41, 5.74) is 8.06. The van der Waals surface area contributed by atoms with Crippen molar-refractivity contribution in [3.05, 3.63) is 34.9 Å². The molecule has 0 heterocycles. The number of benzene rings is 1. The Bertz CT molecular complexity index is 593. The standard InChI is InChI=1S/C18H24N2O/c1-13-8-9-14(6-5-11-19)15(12-13)17(21)20-16-7-4-10-18(16,2)3/h8-9,12,16H,4,7,10-11,19H2,1-3H3,(H,20,21). The molecule has 1 aliphatic rings. The molecule has 1 aromatic carbocycles. The quantitative estimate of drug-likeness (QED) is 0.820. The first-order valence-electron chi connectivity index (χ1n) is 7.54. The van der Waals surface area contributed by atoms with Gasteiger partial charge in [-0.2, -0.15) is 0 Å². The van der Waals surface area contributed by atoms with E-state index in [1.807, 2.05) is 25.1 Å². The number of hydrogen-bond donors (Lipinski definition) is 2. The van der Waals surface area contributed by atoms with Crippen LogP contribution in [0, 0.1) is 24.2 Å². The van der Waals surface area contributed by atoms with Crippen molar-refractivity contribution in [2.24, 2.45) is 11.1 Å². The lowest BCUT2D eigenvalue weighted by atomic mass is 9.87. The van der Waals surface area contributed by atoms with E-state index in [0.717, 1.165) is 24.0 Å². The fourth-order valence-corrected chi connectivity index (χ4v) is 2.93. The van der Waals surface area contributed by atoms with Gasteiger partial charge in [-0.05, 0) is 37.3 Å². The lowest BCUT2D eigenvalue weighted by Gasteiger charge is -2.28. The Hall–Kier alpha value is -1.79. The van der Waals surface area contributed by atoms with E-state index in [-0.39, 0.29) is 17.4 Å². The summed E-state index contributed by atoms with van der Waals surface area (Å²) in [4.78, 5) is 12.6. The Morgan fingerprint density at radius 2 is 2.24 bits per heavy atom. The molecule has 112 valence electrons. The number of aryl methyl sites for hydroxylation is 1. The number of nitrogens with two attached hydrogens (primary N) is 1. The van der Waals surface area contributed by atoms with Crippen LogP contribution in [-0.4, -0.2) is 18.5 Å². The topological polar surface area (TPSA) is 55.1 Å².